The van der Waals surface area contributed by atoms with Crippen molar-refractivity contribution >= 4 is 45.9 Å². The molecule has 2 N–H and O–H groups in total. The smallest absolute Gasteiger partial charge is 0.274 e. The van der Waals surface area contributed by atoms with Crippen LogP contribution in [0, 0.1) is 6.92 Å². The number of nitrogens with one attached hydrogen (secondary N) is 2. The third kappa shape index (κ3) is 4.89. The molecule has 1 atom stereocenters. The van der Waals surface area contributed by atoms with Gasteiger partial charge in [-0.15, -0.1) is 0 Å². The van der Waals surface area contributed by atoms with E-state index in [9.17, 15) is 19.2 Å². The second kappa shape index (κ2) is 10.5. The number of para-hydroxylation sites is 1. The Hall–Kier alpha value is -5.09. The Balaban J connectivity index is 1.43. The van der Waals surface area contributed by atoms with E-state index < -0.39 is 23.4 Å². The van der Waals surface area contributed by atoms with E-state index in [1.54, 1.807) is 43.3 Å². The minimum atomic E-state index is -0.887. The highest BCUT2D eigenvalue weighted by molar-refractivity contribution is 6.30. The van der Waals surface area contributed by atoms with Crippen LogP contribution >= 0.6 is 11.6 Å². The number of aryl methyl sites for hydroxylation is 1. The second-order valence-corrected chi connectivity index (χ2v) is 10.1. The van der Waals surface area contributed by atoms with Crippen LogP contribution in [0.3, 0.4) is 0 Å². The third-order valence-corrected chi connectivity index (χ3v) is 7.21. The van der Waals surface area contributed by atoms with E-state index in [2.05, 4.69) is 20.7 Å². The number of amides is 3. The summed E-state index contributed by atoms with van der Waals surface area (Å²) in [5, 5.41) is 10.6. The Morgan fingerprint density at radius 1 is 1.00 bits per heavy atom. The first kappa shape index (κ1) is 26.1. The Morgan fingerprint density at radius 3 is 2.49 bits per heavy atom. The minimum absolute atomic E-state index is 0.109. The Bertz CT molecular complexity index is 1900. The summed E-state index contributed by atoms with van der Waals surface area (Å²) < 4.78 is 2.82. The van der Waals surface area contributed by atoms with Crippen molar-refractivity contribution in [3.8, 4) is 16.9 Å². The van der Waals surface area contributed by atoms with Gasteiger partial charge in [0, 0.05) is 17.0 Å². The van der Waals surface area contributed by atoms with Crippen molar-refractivity contribution in [2.24, 2.45) is 0 Å². The van der Waals surface area contributed by atoms with Crippen LogP contribution in [0.4, 0.5) is 5.69 Å². The van der Waals surface area contributed by atoms with Crippen LogP contribution in [-0.2, 0) is 9.59 Å². The van der Waals surface area contributed by atoms with Crippen molar-refractivity contribution in [2.45, 2.75) is 25.8 Å². The van der Waals surface area contributed by atoms with Crippen LogP contribution < -0.4 is 16.2 Å². The normalized spacial score (nSPS) is 15.1. The largest absolute Gasteiger partial charge is 0.320 e. The molecule has 11 heteroatoms. The van der Waals surface area contributed by atoms with E-state index in [0.717, 1.165) is 5.56 Å². The quantitative estimate of drug-likeness (QED) is 0.303. The van der Waals surface area contributed by atoms with Crippen LogP contribution in [0.5, 0.6) is 0 Å². The molecule has 3 heterocycles. The number of anilines is 1. The Morgan fingerprint density at radius 2 is 1.76 bits per heavy atom. The highest BCUT2D eigenvalue weighted by Gasteiger charge is 2.31. The second-order valence-electron chi connectivity index (χ2n) is 9.62. The van der Waals surface area contributed by atoms with Crippen molar-refractivity contribution in [3.63, 3.8) is 0 Å². The molecule has 204 valence electrons. The Labute approximate surface area is 238 Å². The fourth-order valence-electron chi connectivity index (χ4n) is 5.01. The molecular weight excluding hydrogens is 544 g/mol. The number of hydrogen-bond acceptors (Lipinski definition) is 6. The molecule has 3 amide bonds. The molecule has 1 fully saturated rings. The van der Waals surface area contributed by atoms with Gasteiger partial charge in [-0.1, -0.05) is 48.0 Å². The lowest BCUT2D eigenvalue weighted by molar-refractivity contribution is -0.135. The Kier molecular flexibility index (Phi) is 6.68. The summed E-state index contributed by atoms with van der Waals surface area (Å²) in [6, 6.07) is 22.1. The first-order valence-electron chi connectivity index (χ1n) is 12.9. The van der Waals surface area contributed by atoms with Crippen LogP contribution in [0.15, 0.2) is 83.7 Å². The fraction of sp³-hybridized carbons (Fsp3) is 0.133. The van der Waals surface area contributed by atoms with E-state index in [4.69, 9.17) is 11.6 Å². The van der Waals surface area contributed by atoms with Gasteiger partial charge in [-0.2, -0.15) is 5.10 Å². The fourth-order valence-corrected chi connectivity index (χ4v) is 5.14. The number of carbonyl (C=O) groups excluding carboxylic acids is 3. The topological polar surface area (TPSA) is 128 Å². The van der Waals surface area contributed by atoms with E-state index in [1.165, 1.54) is 9.25 Å². The number of halogens is 1. The maximum atomic E-state index is 13.8. The number of fused-ring (bicyclic) bond motifs is 1. The number of nitrogens with zero attached hydrogens (tertiary/aromatic N) is 4. The van der Waals surface area contributed by atoms with Gasteiger partial charge >= 0.3 is 0 Å². The molecule has 0 spiro atoms. The maximum Gasteiger partial charge on any atom is 0.274 e. The number of piperidine rings is 1. The molecule has 41 heavy (non-hydrogen) atoms. The van der Waals surface area contributed by atoms with E-state index in [0.29, 0.717) is 27.7 Å². The van der Waals surface area contributed by atoms with Gasteiger partial charge in [0.05, 0.1) is 28.0 Å². The number of hydrogen-bond donors (Lipinski definition) is 2. The molecule has 5 aromatic rings. The minimum Gasteiger partial charge on any atom is -0.320 e. The average molecular weight is 567 g/mol. The van der Waals surface area contributed by atoms with Crippen LogP contribution in [-0.4, -0.2) is 37.1 Å². The molecule has 0 radical (unpaired) electrons. The van der Waals surface area contributed by atoms with E-state index in [-0.39, 0.29) is 35.5 Å². The van der Waals surface area contributed by atoms with Crippen LogP contribution in [0.1, 0.15) is 35.2 Å². The van der Waals surface area contributed by atoms with Gasteiger partial charge in [-0.25, -0.2) is 9.67 Å². The molecule has 1 saturated heterocycles. The summed E-state index contributed by atoms with van der Waals surface area (Å²) >= 11 is 6.06. The molecule has 0 bridgehead atoms. The molecule has 1 aliphatic heterocycles. The van der Waals surface area contributed by atoms with Crippen molar-refractivity contribution in [3.05, 3.63) is 106 Å². The number of carbonyl (C=O) groups is 3. The van der Waals surface area contributed by atoms with Gasteiger partial charge in [0.15, 0.2) is 0 Å². The summed E-state index contributed by atoms with van der Waals surface area (Å²) in [6.45, 7) is 1.63. The molecular formula is C30H23ClN6O4. The van der Waals surface area contributed by atoms with Gasteiger partial charge < -0.3 is 5.32 Å². The van der Waals surface area contributed by atoms with Gasteiger partial charge in [-0.05, 0) is 55.8 Å². The monoisotopic (exact) mass is 566 g/mol. The zero-order valence-corrected chi connectivity index (χ0v) is 22.6. The summed E-state index contributed by atoms with van der Waals surface area (Å²) in [7, 11) is 0. The lowest BCUT2D eigenvalue weighted by atomic mass is 10.1. The molecule has 1 aliphatic rings. The molecule has 0 aliphatic carbocycles. The average Bonchev–Trinajstić information content (AvgIpc) is 3.41. The van der Waals surface area contributed by atoms with Crippen molar-refractivity contribution < 1.29 is 14.4 Å². The van der Waals surface area contributed by atoms with E-state index in [1.807, 2.05) is 42.5 Å². The molecule has 6 rings (SSSR count). The number of imide groups is 1. The van der Waals surface area contributed by atoms with Crippen LogP contribution in [0.2, 0.25) is 5.02 Å². The van der Waals surface area contributed by atoms with Crippen LogP contribution in [0.25, 0.3) is 27.8 Å². The zero-order chi connectivity index (χ0) is 28.7. The first-order chi connectivity index (χ1) is 19.8. The predicted octanol–water partition coefficient (Wildman–Crippen LogP) is 4.44. The summed E-state index contributed by atoms with van der Waals surface area (Å²) in [5.41, 5.74) is 2.36. The molecule has 2 aromatic heterocycles. The number of rotatable bonds is 5. The molecule has 10 nitrogen and oxygen atoms in total. The summed E-state index contributed by atoms with van der Waals surface area (Å²) in [4.78, 5) is 56.4. The van der Waals surface area contributed by atoms with Gasteiger partial charge in [-0.3, -0.25) is 29.1 Å². The van der Waals surface area contributed by atoms with Crippen molar-refractivity contribution in [2.75, 3.05) is 5.32 Å². The number of aromatic nitrogens is 4. The lowest BCUT2D eigenvalue weighted by Crippen LogP contribution is -2.45. The third-order valence-electron chi connectivity index (χ3n) is 6.96. The first-order valence-corrected chi connectivity index (χ1v) is 13.3. The number of benzene rings is 3. The highest BCUT2D eigenvalue weighted by atomic mass is 35.5. The predicted molar refractivity (Wildman–Crippen MR) is 154 cm³/mol. The highest BCUT2D eigenvalue weighted by Crippen LogP contribution is 2.26. The van der Waals surface area contributed by atoms with Crippen molar-refractivity contribution in [1.29, 1.82) is 0 Å². The van der Waals surface area contributed by atoms with Gasteiger partial charge in [0.1, 0.15) is 17.6 Å². The summed E-state index contributed by atoms with van der Waals surface area (Å²) in [6.07, 6.45) is 0.287. The standard InChI is InChI=1S/C30H23ClN6O4/c1-17-32-21-8-5-9-22(27(21)30(41)36(17)24-14-15-26(38)34-28(24)39)33-29(40)25-16-23(18-10-12-19(31)13-11-18)35-37(25)20-6-3-2-4-7-20/h2-13,16,24H,14-15H2,1H3,(H,33,40)(H,34,38,39). The molecule has 0 saturated carbocycles. The van der Waals surface area contributed by atoms with E-state index >= 15 is 0 Å². The SMILES string of the molecule is Cc1nc2cccc(NC(=O)c3cc(-c4ccc(Cl)cc4)nn3-c3ccccc3)c2c(=O)n1C1CCC(=O)NC1=O. The molecule has 3 aromatic carbocycles. The summed E-state index contributed by atoms with van der Waals surface area (Å²) in [5.74, 6) is -1.11. The zero-order valence-electron chi connectivity index (χ0n) is 21.8. The van der Waals surface area contributed by atoms with Gasteiger partial charge in [0.25, 0.3) is 11.5 Å². The lowest BCUT2D eigenvalue weighted by Gasteiger charge is -2.24. The molecule has 1 unspecified atom stereocenters. The van der Waals surface area contributed by atoms with Gasteiger partial charge in [0.2, 0.25) is 11.8 Å². The maximum absolute atomic E-state index is 13.8. The van der Waals surface area contributed by atoms with Crippen molar-refractivity contribution in [1.82, 2.24) is 24.6 Å².